The summed E-state index contributed by atoms with van der Waals surface area (Å²) in [6.07, 6.45) is 3.88. The Bertz CT molecular complexity index is 1180. The Kier molecular flexibility index (Phi) is 14.4. The Morgan fingerprint density at radius 3 is 1.11 bits per heavy atom. The zero-order valence-corrected chi connectivity index (χ0v) is 29.9. The van der Waals surface area contributed by atoms with Gasteiger partial charge in [-0.25, -0.2) is 0 Å². The van der Waals surface area contributed by atoms with Crippen molar-refractivity contribution in [2.45, 2.75) is 117 Å². The van der Waals surface area contributed by atoms with Crippen LogP contribution in [0.5, 0.6) is 11.5 Å². The van der Waals surface area contributed by atoms with Gasteiger partial charge in [0.15, 0.2) is 12.6 Å². The van der Waals surface area contributed by atoms with Crippen molar-refractivity contribution in [2.75, 3.05) is 39.6 Å². The van der Waals surface area contributed by atoms with Gasteiger partial charge < -0.3 is 29.2 Å². The molecule has 0 aliphatic heterocycles. The smallest absolute Gasteiger partial charge is 0.153 e. The summed E-state index contributed by atoms with van der Waals surface area (Å²) in [7, 11) is 0. The molecule has 46 heavy (non-hydrogen) atoms. The molecule has 0 atom stereocenters. The number of aldehydes is 2. The zero-order valence-electron chi connectivity index (χ0n) is 29.9. The lowest BCUT2D eigenvalue weighted by atomic mass is 9.80. The molecule has 2 aromatic carbocycles. The van der Waals surface area contributed by atoms with Crippen LogP contribution in [0.1, 0.15) is 138 Å². The van der Waals surface area contributed by atoms with Gasteiger partial charge in [-0.1, -0.05) is 69.2 Å². The number of phenols is 2. The van der Waals surface area contributed by atoms with Crippen molar-refractivity contribution in [1.82, 2.24) is 0 Å². The maximum atomic E-state index is 11.8. The average Bonchev–Trinajstić information content (AvgIpc) is 3.02. The predicted octanol–water partition coefficient (Wildman–Crippen LogP) is 8.12. The van der Waals surface area contributed by atoms with Gasteiger partial charge in [0.05, 0.1) is 62.0 Å². The minimum absolute atomic E-state index is 0.0281. The highest BCUT2D eigenvalue weighted by atomic mass is 16.6. The first kappa shape index (κ1) is 39.4. The van der Waals surface area contributed by atoms with E-state index >= 15 is 0 Å². The molecule has 258 valence electrons. The maximum absolute atomic E-state index is 11.8. The first-order valence-corrected chi connectivity index (χ1v) is 16.7. The molecule has 0 amide bonds. The number of hydrogen-bond donors (Lipinski definition) is 2. The average molecular weight is 643 g/mol. The molecule has 0 saturated carbocycles. The summed E-state index contributed by atoms with van der Waals surface area (Å²) >= 11 is 0. The van der Waals surface area contributed by atoms with Crippen LogP contribution in [0.4, 0.5) is 0 Å². The SMILES string of the molecule is CCC(CC)(OCCOCCOCCOC(CC)(CC)c1cc(C(C)(C)C)cc(C=O)c1O)c1cc(C(C)(C)C)cc(C=O)c1O. The second-order valence-electron chi connectivity index (χ2n) is 14.0. The van der Waals surface area contributed by atoms with E-state index < -0.39 is 11.2 Å². The number of carbonyl (C=O) groups excluding carboxylic acids is 2. The van der Waals surface area contributed by atoms with E-state index in [1.54, 1.807) is 12.1 Å². The lowest BCUT2D eigenvalue weighted by Gasteiger charge is -2.35. The fourth-order valence-corrected chi connectivity index (χ4v) is 5.79. The van der Waals surface area contributed by atoms with Gasteiger partial charge in [0.2, 0.25) is 0 Å². The van der Waals surface area contributed by atoms with Gasteiger partial charge in [-0.05, 0) is 71.9 Å². The van der Waals surface area contributed by atoms with Gasteiger partial charge in [0, 0.05) is 11.1 Å². The number of ether oxygens (including phenoxy) is 4. The summed E-state index contributed by atoms with van der Waals surface area (Å²) in [5.41, 5.74) is 1.83. The molecule has 0 unspecified atom stereocenters. The standard InChI is InChI=1S/C38H58O8/c1-11-37(12-2,31-23-29(35(5,6)7)21-27(25-39)33(31)41)45-19-17-43-15-16-44-18-20-46-38(13-3,14-4)32-24-30(36(8,9)10)22-28(26-40)34(32)42/h21-26,41-42H,11-20H2,1-10H3. The number of hydrogen-bond acceptors (Lipinski definition) is 8. The molecule has 0 aromatic heterocycles. The van der Waals surface area contributed by atoms with Gasteiger partial charge >= 0.3 is 0 Å². The van der Waals surface area contributed by atoms with Crippen LogP contribution in [0.15, 0.2) is 24.3 Å². The van der Waals surface area contributed by atoms with Gasteiger partial charge in [-0.2, -0.15) is 0 Å². The number of rotatable bonds is 19. The highest BCUT2D eigenvalue weighted by molar-refractivity contribution is 5.81. The Morgan fingerprint density at radius 1 is 0.543 bits per heavy atom. The number of phenolic OH excluding ortho intramolecular Hbond substituents is 2. The lowest BCUT2D eigenvalue weighted by Crippen LogP contribution is -2.31. The summed E-state index contributed by atoms with van der Waals surface area (Å²) in [6, 6.07) is 7.42. The Morgan fingerprint density at radius 2 is 0.848 bits per heavy atom. The van der Waals surface area contributed by atoms with E-state index in [2.05, 4.69) is 41.5 Å². The lowest BCUT2D eigenvalue weighted by molar-refractivity contribution is -0.0916. The van der Waals surface area contributed by atoms with Gasteiger partial charge in [0.1, 0.15) is 11.5 Å². The van der Waals surface area contributed by atoms with Crippen molar-refractivity contribution >= 4 is 12.6 Å². The quantitative estimate of drug-likeness (QED) is 0.117. The van der Waals surface area contributed by atoms with E-state index in [9.17, 15) is 19.8 Å². The molecule has 0 fully saturated rings. The van der Waals surface area contributed by atoms with Crippen molar-refractivity contribution < 1.29 is 38.7 Å². The van der Waals surface area contributed by atoms with Crippen molar-refractivity contribution in [3.8, 4) is 11.5 Å². The molecule has 0 saturated heterocycles. The van der Waals surface area contributed by atoms with Crippen molar-refractivity contribution in [3.05, 3.63) is 57.6 Å². The molecule has 0 aliphatic carbocycles. The van der Waals surface area contributed by atoms with Crippen molar-refractivity contribution in [2.24, 2.45) is 0 Å². The number of benzene rings is 2. The summed E-state index contributed by atoms with van der Waals surface area (Å²) in [5, 5.41) is 21.9. The van der Waals surface area contributed by atoms with Gasteiger partial charge in [-0.15, -0.1) is 0 Å². The molecule has 0 spiro atoms. The maximum Gasteiger partial charge on any atom is 0.153 e. The first-order valence-electron chi connectivity index (χ1n) is 16.7. The summed E-state index contributed by atoms with van der Waals surface area (Å²) in [4.78, 5) is 23.5. The topological polar surface area (TPSA) is 112 Å². The molecule has 8 heteroatoms. The third-order valence-electron chi connectivity index (χ3n) is 9.12. The van der Waals surface area contributed by atoms with Crippen LogP contribution >= 0.6 is 0 Å². The van der Waals surface area contributed by atoms with Crippen LogP contribution in [0, 0.1) is 0 Å². The van der Waals surface area contributed by atoms with E-state index in [-0.39, 0.29) is 33.5 Å². The second-order valence-corrected chi connectivity index (χ2v) is 14.0. The van der Waals surface area contributed by atoms with Crippen LogP contribution in [-0.4, -0.2) is 62.4 Å². The van der Waals surface area contributed by atoms with Gasteiger partial charge in [0.25, 0.3) is 0 Å². The molecular weight excluding hydrogens is 584 g/mol. The highest BCUT2D eigenvalue weighted by Gasteiger charge is 2.36. The summed E-state index contributed by atoms with van der Waals surface area (Å²) in [5.74, 6) is -0.0561. The van der Waals surface area contributed by atoms with E-state index in [0.717, 1.165) is 11.1 Å². The molecule has 0 heterocycles. The predicted molar refractivity (Wildman–Crippen MR) is 182 cm³/mol. The molecule has 2 aromatic rings. The third-order valence-corrected chi connectivity index (χ3v) is 9.12. The number of aromatic hydroxyl groups is 2. The van der Waals surface area contributed by atoms with Crippen molar-refractivity contribution in [1.29, 1.82) is 0 Å². The molecule has 0 aliphatic rings. The monoisotopic (exact) mass is 642 g/mol. The second kappa shape index (κ2) is 16.9. The number of carbonyl (C=O) groups is 2. The Labute approximate surface area is 276 Å². The summed E-state index contributed by atoms with van der Waals surface area (Å²) in [6.45, 7) is 22.6. The third kappa shape index (κ3) is 9.40. The molecular formula is C38H58O8. The van der Waals surface area contributed by atoms with Crippen molar-refractivity contribution in [3.63, 3.8) is 0 Å². The van der Waals surface area contributed by atoms with Crippen LogP contribution < -0.4 is 0 Å². The van der Waals surface area contributed by atoms with E-state index in [1.165, 1.54) is 0 Å². The Hall–Kier alpha value is -2.78. The molecule has 8 nitrogen and oxygen atoms in total. The Balaban J connectivity index is 1.93. The van der Waals surface area contributed by atoms with E-state index in [4.69, 9.17) is 18.9 Å². The van der Waals surface area contributed by atoms with E-state index in [1.807, 2.05) is 39.8 Å². The minimum Gasteiger partial charge on any atom is -0.507 e. The molecule has 2 rings (SSSR count). The fraction of sp³-hybridized carbons (Fsp3) is 0.632. The summed E-state index contributed by atoms with van der Waals surface area (Å²) < 4.78 is 24.3. The van der Waals surface area contributed by atoms with Crippen LogP contribution in [0.2, 0.25) is 0 Å². The van der Waals surface area contributed by atoms with Crippen LogP contribution in [0.3, 0.4) is 0 Å². The zero-order chi connectivity index (χ0) is 34.8. The van der Waals surface area contributed by atoms with Crippen LogP contribution in [-0.2, 0) is 41.0 Å². The highest BCUT2D eigenvalue weighted by Crippen LogP contribution is 2.43. The molecule has 0 bridgehead atoms. The minimum atomic E-state index is -0.751. The van der Waals surface area contributed by atoms with Gasteiger partial charge in [-0.3, -0.25) is 9.59 Å². The molecule has 0 radical (unpaired) electrons. The molecule has 2 N–H and O–H groups in total. The fourth-order valence-electron chi connectivity index (χ4n) is 5.79. The largest absolute Gasteiger partial charge is 0.507 e. The van der Waals surface area contributed by atoms with Crippen LogP contribution in [0.25, 0.3) is 0 Å². The van der Waals surface area contributed by atoms with E-state index in [0.29, 0.717) is 89.0 Å². The first-order chi connectivity index (χ1) is 21.6. The normalized spacial score (nSPS) is 12.8.